The highest BCUT2D eigenvalue weighted by Gasteiger charge is 2.21. The van der Waals surface area contributed by atoms with Crippen LogP contribution >= 0.6 is 11.3 Å². The van der Waals surface area contributed by atoms with Crippen LogP contribution in [0.25, 0.3) is 0 Å². The molecule has 0 amide bonds. The van der Waals surface area contributed by atoms with Gasteiger partial charge in [0.15, 0.2) is 0 Å². The minimum Gasteiger partial charge on any atom is -0.383 e. The SMILES string of the molecule is CC(NS(=O)(=O)c1cccnc1N)c1ccsc1. The van der Waals surface area contributed by atoms with E-state index in [1.807, 2.05) is 16.8 Å². The molecule has 7 heteroatoms. The maximum absolute atomic E-state index is 12.1. The summed E-state index contributed by atoms with van der Waals surface area (Å²) in [6.45, 7) is 1.78. The van der Waals surface area contributed by atoms with Gasteiger partial charge in [0.25, 0.3) is 0 Å². The molecule has 2 aromatic rings. The summed E-state index contributed by atoms with van der Waals surface area (Å²) in [6.07, 6.45) is 1.46. The molecular weight excluding hydrogens is 270 g/mol. The second kappa shape index (κ2) is 5.05. The fraction of sp³-hybridized carbons (Fsp3) is 0.182. The quantitative estimate of drug-likeness (QED) is 0.895. The van der Waals surface area contributed by atoms with E-state index in [2.05, 4.69) is 9.71 Å². The van der Waals surface area contributed by atoms with E-state index < -0.39 is 10.0 Å². The minimum absolute atomic E-state index is 0.00233. The van der Waals surface area contributed by atoms with Crippen LogP contribution in [0.4, 0.5) is 5.82 Å². The smallest absolute Gasteiger partial charge is 0.244 e. The van der Waals surface area contributed by atoms with Gasteiger partial charge >= 0.3 is 0 Å². The Kier molecular flexibility index (Phi) is 3.65. The highest BCUT2D eigenvalue weighted by Crippen LogP contribution is 2.20. The van der Waals surface area contributed by atoms with Gasteiger partial charge in [-0.05, 0) is 41.4 Å². The third-order valence-electron chi connectivity index (χ3n) is 2.46. The van der Waals surface area contributed by atoms with Crippen molar-refractivity contribution >= 4 is 27.2 Å². The summed E-state index contributed by atoms with van der Waals surface area (Å²) in [7, 11) is -3.65. The van der Waals surface area contributed by atoms with Crippen molar-refractivity contribution < 1.29 is 8.42 Å². The van der Waals surface area contributed by atoms with Gasteiger partial charge in [-0.1, -0.05) is 0 Å². The minimum atomic E-state index is -3.65. The predicted molar refractivity (Wildman–Crippen MR) is 71.7 cm³/mol. The van der Waals surface area contributed by atoms with Gasteiger partial charge in [0.2, 0.25) is 10.0 Å². The normalized spacial score (nSPS) is 13.4. The van der Waals surface area contributed by atoms with Crippen LogP contribution in [0.3, 0.4) is 0 Å². The number of rotatable bonds is 4. The number of nitrogens with one attached hydrogen (secondary N) is 1. The Balaban J connectivity index is 2.26. The Morgan fingerprint density at radius 3 is 2.83 bits per heavy atom. The maximum Gasteiger partial charge on any atom is 0.244 e. The van der Waals surface area contributed by atoms with Crippen molar-refractivity contribution in [2.45, 2.75) is 17.9 Å². The number of thiophene rings is 1. The molecule has 0 radical (unpaired) electrons. The molecule has 3 N–H and O–H groups in total. The van der Waals surface area contributed by atoms with Crippen LogP contribution in [0.2, 0.25) is 0 Å². The lowest BCUT2D eigenvalue weighted by molar-refractivity contribution is 0.567. The first-order valence-electron chi connectivity index (χ1n) is 5.25. The van der Waals surface area contributed by atoms with Crippen molar-refractivity contribution in [3.63, 3.8) is 0 Å². The molecule has 0 saturated carbocycles. The van der Waals surface area contributed by atoms with Crippen LogP contribution in [0.1, 0.15) is 18.5 Å². The molecule has 96 valence electrons. The number of nitrogens with two attached hydrogens (primary N) is 1. The average molecular weight is 283 g/mol. The molecule has 2 heterocycles. The van der Waals surface area contributed by atoms with Crippen LogP contribution in [0.15, 0.2) is 40.1 Å². The molecular formula is C11H13N3O2S2. The van der Waals surface area contributed by atoms with Crippen molar-refractivity contribution in [2.24, 2.45) is 0 Å². The number of nitrogens with zero attached hydrogens (tertiary/aromatic N) is 1. The zero-order chi connectivity index (χ0) is 13.2. The molecule has 2 rings (SSSR count). The lowest BCUT2D eigenvalue weighted by atomic mass is 10.2. The number of aromatic nitrogens is 1. The zero-order valence-electron chi connectivity index (χ0n) is 9.70. The van der Waals surface area contributed by atoms with Gasteiger partial charge in [0.1, 0.15) is 10.7 Å². The summed E-state index contributed by atoms with van der Waals surface area (Å²) in [5.74, 6) is 0.00233. The molecule has 0 fully saturated rings. The summed E-state index contributed by atoms with van der Waals surface area (Å²) in [5, 5.41) is 3.80. The summed E-state index contributed by atoms with van der Waals surface area (Å²) in [4.78, 5) is 3.78. The van der Waals surface area contributed by atoms with Crippen molar-refractivity contribution in [1.29, 1.82) is 0 Å². The van der Waals surface area contributed by atoms with Crippen LogP contribution in [0.5, 0.6) is 0 Å². The van der Waals surface area contributed by atoms with Gasteiger partial charge in [-0.2, -0.15) is 11.3 Å². The standard InChI is InChI=1S/C11H13N3O2S2/c1-8(9-4-6-17-7-9)14-18(15,16)10-3-2-5-13-11(10)12/h2-8,14H,1H3,(H2,12,13). The number of anilines is 1. The highest BCUT2D eigenvalue weighted by molar-refractivity contribution is 7.89. The van der Waals surface area contributed by atoms with Gasteiger partial charge < -0.3 is 5.73 Å². The van der Waals surface area contributed by atoms with Crippen LogP contribution in [-0.2, 0) is 10.0 Å². The van der Waals surface area contributed by atoms with Crippen molar-refractivity contribution in [3.8, 4) is 0 Å². The maximum atomic E-state index is 12.1. The Labute approximate surface area is 110 Å². The van der Waals surface area contributed by atoms with Gasteiger partial charge in [-0.3, -0.25) is 0 Å². The summed E-state index contributed by atoms with van der Waals surface area (Å²) < 4.78 is 26.8. The molecule has 0 aliphatic heterocycles. The third kappa shape index (κ3) is 2.69. The summed E-state index contributed by atoms with van der Waals surface area (Å²) >= 11 is 1.52. The topological polar surface area (TPSA) is 85.1 Å². The first-order valence-corrected chi connectivity index (χ1v) is 7.68. The summed E-state index contributed by atoms with van der Waals surface area (Å²) in [6, 6.07) is 4.55. The molecule has 0 bridgehead atoms. The second-order valence-electron chi connectivity index (χ2n) is 3.79. The van der Waals surface area contributed by atoms with Gasteiger partial charge in [-0.15, -0.1) is 0 Å². The fourth-order valence-corrected chi connectivity index (χ4v) is 3.58. The number of pyridine rings is 1. The third-order valence-corrected chi connectivity index (χ3v) is 4.75. The van der Waals surface area contributed by atoms with Crippen molar-refractivity contribution in [2.75, 3.05) is 5.73 Å². The van der Waals surface area contributed by atoms with E-state index >= 15 is 0 Å². The second-order valence-corrected chi connectivity index (χ2v) is 6.25. The molecule has 1 unspecified atom stereocenters. The first-order chi connectivity index (χ1) is 8.50. The molecule has 0 aliphatic rings. The number of sulfonamides is 1. The Bertz CT molecular complexity index is 623. The molecule has 0 spiro atoms. The fourth-order valence-electron chi connectivity index (χ4n) is 1.52. The van der Waals surface area contributed by atoms with Crippen LogP contribution < -0.4 is 10.5 Å². The first kappa shape index (κ1) is 13.0. The van der Waals surface area contributed by atoms with Gasteiger partial charge in [-0.25, -0.2) is 18.1 Å². The van der Waals surface area contributed by atoms with Crippen LogP contribution in [0, 0.1) is 0 Å². The van der Waals surface area contributed by atoms with E-state index in [9.17, 15) is 8.42 Å². The molecule has 0 aromatic carbocycles. The Hall–Kier alpha value is -1.44. The molecule has 2 aromatic heterocycles. The van der Waals surface area contributed by atoms with Crippen molar-refractivity contribution in [1.82, 2.24) is 9.71 Å². The Morgan fingerprint density at radius 1 is 1.44 bits per heavy atom. The van der Waals surface area contributed by atoms with Crippen molar-refractivity contribution in [3.05, 3.63) is 40.7 Å². The van der Waals surface area contributed by atoms with E-state index in [4.69, 9.17) is 5.73 Å². The Morgan fingerprint density at radius 2 is 2.22 bits per heavy atom. The lowest BCUT2D eigenvalue weighted by Gasteiger charge is -2.13. The molecule has 0 saturated heterocycles. The molecule has 5 nitrogen and oxygen atoms in total. The monoisotopic (exact) mass is 283 g/mol. The molecule has 1 atom stereocenters. The van der Waals surface area contributed by atoms with Gasteiger partial charge in [0.05, 0.1) is 0 Å². The van der Waals surface area contributed by atoms with Gasteiger partial charge in [0, 0.05) is 12.2 Å². The van der Waals surface area contributed by atoms with E-state index in [0.717, 1.165) is 5.56 Å². The van der Waals surface area contributed by atoms with E-state index in [0.29, 0.717) is 0 Å². The predicted octanol–water partition coefficient (Wildman–Crippen LogP) is 1.76. The van der Waals surface area contributed by atoms with E-state index in [-0.39, 0.29) is 16.8 Å². The largest absolute Gasteiger partial charge is 0.383 e. The van der Waals surface area contributed by atoms with Crippen LogP contribution in [-0.4, -0.2) is 13.4 Å². The average Bonchev–Trinajstić information content (AvgIpc) is 2.82. The van der Waals surface area contributed by atoms with E-state index in [1.165, 1.54) is 23.6 Å². The number of nitrogen functional groups attached to an aromatic ring is 1. The molecule has 18 heavy (non-hydrogen) atoms. The lowest BCUT2D eigenvalue weighted by Crippen LogP contribution is -2.27. The number of hydrogen-bond donors (Lipinski definition) is 2. The molecule has 0 aliphatic carbocycles. The van der Waals surface area contributed by atoms with E-state index in [1.54, 1.807) is 13.0 Å². The highest BCUT2D eigenvalue weighted by atomic mass is 32.2. The summed E-state index contributed by atoms with van der Waals surface area (Å²) in [5.41, 5.74) is 6.50. The zero-order valence-corrected chi connectivity index (χ0v) is 11.3. The number of hydrogen-bond acceptors (Lipinski definition) is 5.